The highest BCUT2D eigenvalue weighted by molar-refractivity contribution is 4.80. The molecule has 1 aliphatic rings. The largest absolute Gasteiger partial charge is 0.380 e. The molecule has 0 radical (unpaired) electrons. The molecule has 2 N–H and O–H groups in total. The van der Waals surface area contributed by atoms with Crippen LogP contribution in [0.3, 0.4) is 0 Å². The summed E-state index contributed by atoms with van der Waals surface area (Å²) in [5, 5.41) is 0. The van der Waals surface area contributed by atoms with Crippen molar-refractivity contribution in [3.63, 3.8) is 0 Å². The van der Waals surface area contributed by atoms with Gasteiger partial charge in [0.15, 0.2) is 0 Å². The number of ether oxygens (including phenoxy) is 1. The van der Waals surface area contributed by atoms with E-state index in [0.717, 1.165) is 19.6 Å². The summed E-state index contributed by atoms with van der Waals surface area (Å²) in [6.07, 6.45) is 1.53. The average molecular weight is 174 g/mol. The molecule has 2 atom stereocenters. The number of rotatable bonds is 3. The topological polar surface area (TPSA) is 38.5 Å². The molecule has 12 heavy (non-hydrogen) atoms. The van der Waals surface area contributed by atoms with Crippen molar-refractivity contribution in [3.05, 3.63) is 0 Å². The molecule has 3 nitrogen and oxygen atoms in total. The molecule has 1 fully saturated rings. The van der Waals surface area contributed by atoms with Crippen molar-refractivity contribution >= 4 is 0 Å². The van der Waals surface area contributed by atoms with Crippen molar-refractivity contribution in [2.45, 2.75) is 19.4 Å². The Kier molecular flexibility index (Phi) is 3.98. The molecular formula is C9H22N2O. The minimum Gasteiger partial charge on any atom is -0.380 e. The van der Waals surface area contributed by atoms with Crippen molar-refractivity contribution in [1.29, 1.82) is 0 Å². The van der Waals surface area contributed by atoms with Crippen LogP contribution in [-0.2, 0) is 4.74 Å². The summed E-state index contributed by atoms with van der Waals surface area (Å²) in [7, 11) is 1.78. The van der Waals surface area contributed by atoms with Gasteiger partial charge < -0.3 is 15.4 Å². The zero-order valence-corrected chi connectivity index (χ0v) is 8.12. The van der Waals surface area contributed by atoms with Gasteiger partial charge in [-0.2, -0.15) is 0 Å². The van der Waals surface area contributed by atoms with Crippen LogP contribution in [0.2, 0.25) is 0 Å². The summed E-state index contributed by atoms with van der Waals surface area (Å²) in [5.41, 5.74) is 5.66. The van der Waals surface area contributed by atoms with Gasteiger partial charge in [-0.15, -0.1) is 0 Å². The Morgan fingerprint density at radius 2 is 2.42 bits per heavy atom. The van der Waals surface area contributed by atoms with Crippen LogP contribution in [0, 0.1) is 5.92 Å². The molecule has 0 saturated carbocycles. The minimum atomic E-state index is 0. The standard InChI is InChI=1S/C9H20N2O.H2/c1-3-11-5-4-8(6-10)9(7-11)12-2;/h8-9H,3-7,10H2,1-2H3;1H. The molecule has 3 heteroatoms. The van der Waals surface area contributed by atoms with Crippen LogP contribution in [0.5, 0.6) is 0 Å². The fourth-order valence-electron chi connectivity index (χ4n) is 1.85. The van der Waals surface area contributed by atoms with Crippen LogP contribution < -0.4 is 5.73 Å². The van der Waals surface area contributed by atoms with Crippen molar-refractivity contribution < 1.29 is 6.16 Å². The molecule has 0 aliphatic carbocycles. The molecule has 0 aromatic rings. The van der Waals surface area contributed by atoms with Crippen LogP contribution in [0.4, 0.5) is 0 Å². The first-order valence-electron chi connectivity index (χ1n) is 4.77. The van der Waals surface area contributed by atoms with E-state index in [1.165, 1.54) is 13.0 Å². The molecule has 1 saturated heterocycles. The van der Waals surface area contributed by atoms with E-state index in [-0.39, 0.29) is 1.43 Å². The highest BCUT2D eigenvalue weighted by atomic mass is 16.5. The number of methoxy groups -OCH3 is 1. The van der Waals surface area contributed by atoms with Crippen LogP contribution >= 0.6 is 0 Å². The molecule has 1 heterocycles. The number of piperidine rings is 1. The number of likely N-dealkylation sites (N-methyl/N-ethyl adjacent to an activating group) is 1. The Morgan fingerprint density at radius 3 is 2.92 bits per heavy atom. The Bertz CT molecular complexity index is 135. The summed E-state index contributed by atoms with van der Waals surface area (Å²) in [6, 6.07) is 0. The molecule has 0 aromatic carbocycles. The van der Waals surface area contributed by atoms with E-state index in [0.29, 0.717) is 12.0 Å². The Hall–Kier alpha value is -0.120. The fourth-order valence-corrected chi connectivity index (χ4v) is 1.85. The van der Waals surface area contributed by atoms with Gasteiger partial charge >= 0.3 is 0 Å². The van der Waals surface area contributed by atoms with Crippen LogP contribution in [-0.4, -0.2) is 44.3 Å². The molecule has 0 aromatic heterocycles. The van der Waals surface area contributed by atoms with Gasteiger partial charge in [-0.25, -0.2) is 0 Å². The summed E-state index contributed by atoms with van der Waals surface area (Å²) < 4.78 is 5.41. The second-order valence-electron chi connectivity index (χ2n) is 3.45. The number of nitrogens with zero attached hydrogens (tertiary/aromatic N) is 1. The first-order chi connectivity index (χ1) is 5.81. The van der Waals surface area contributed by atoms with Crippen molar-refractivity contribution in [3.8, 4) is 0 Å². The Labute approximate surface area is 76.4 Å². The predicted octanol–water partition coefficient (Wildman–Crippen LogP) is 0.548. The lowest BCUT2D eigenvalue weighted by Gasteiger charge is -2.36. The average Bonchev–Trinajstić information content (AvgIpc) is 2.16. The first-order valence-corrected chi connectivity index (χ1v) is 4.77. The van der Waals surface area contributed by atoms with E-state index in [2.05, 4.69) is 11.8 Å². The second-order valence-corrected chi connectivity index (χ2v) is 3.45. The van der Waals surface area contributed by atoms with Gasteiger partial charge in [-0.05, 0) is 32.0 Å². The molecule has 0 amide bonds. The monoisotopic (exact) mass is 174 g/mol. The van der Waals surface area contributed by atoms with Gasteiger partial charge in [0.1, 0.15) is 0 Å². The maximum Gasteiger partial charge on any atom is 0.0738 e. The maximum absolute atomic E-state index is 5.66. The van der Waals surface area contributed by atoms with E-state index < -0.39 is 0 Å². The Morgan fingerprint density at radius 1 is 1.67 bits per heavy atom. The van der Waals surface area contributed by atoms with Gasteiger partial charge in [0.2, 0.25) is 0 Å². The smallest absolute Gasteiger partial charge is 0.0738 e. The summed E-state index contributed by atoms with van der Waals surface area (Å²) in [4.78, 5) is 2.42. The molecule has 74 valence electrons. The summed E-state index contributed by atoms with van der Waals surface area (Å²) >= 11 is 0. The highest BCUT2D eigenvalue weighted by Crippen LogP contribution is 2.18. The zero-order chi connectivity index (χ0) is 8.97. The van der Waals surface area contributed by atoms with Crippen molar-refractivity contribution in [2.24, 2.45) is 11.7 Å². The van der Waals surface area contributed by atoms with Gasteiger partial charge in [-0.3, -0.25) is 0 Å². The number of nitrogens with two attached hydrogens (primary N) is 1. The fraction of sp³-hybridized carbons (Fsp3) is 1.00. The third-order valence-electron chi connectivity index (χ3n) is 2.83. The van der Waals surface area contributed by atoms with Gasteiger partial charge in [-0.1, -0.05) is 6.92 Å². The van der Waals surface area contributed by atoms with E-state index in [9.17, 15) is 0 Å². The van der Waals surface area contributed by atoms with Crippen molar-refractivity contribution in [2.75, 3.05) is 33.3 Å². The van der Waals surface area contributed by atoms with Crippen LogP contribution in [0.15, 0.2) is 0 Å². The normalized spacial score (nSPS) is 32.2. The second kappa shape index (κ2) is 4.80. The van der Waals surface area contributed by atoms with Crippen LogP contribution in [0.25, 0.3) is 0 Å². The molecule has 1 aliphatic heterocycles. The van der Waals surface area contributed by atoms with E-state index in [1.54, 1.807) is 7.11 Å². The molecular weight excluding hydrogens is 152 g/mol. The lowest BCUT2D eigenvalue weighted by Crippen LogP contribution is -2.46. The summed E-state index contributed by atoms with van der Waals surface area (Å²) in [6.45, 7) is 6.30. The van der Waals surface area contributed by atoms with E-state index in [1.807, 2.05) is 0 Å². The molecule has 0 spiro atoms. The van der Waals surface area contributed by atoms with Gasteiger partial charge in [0.25, 0.3) is 0 Å². The van der Waals surface area contributed by atoms with Crippen LogP contribution in [0.1, 0.15) is 14.8 Å². The number of hydrogen-bond donors (Lipinski definition) is 1. The third kappa shape index (κ3) is 2.19. The Balaban J connectivity index is 0.00000144. The molecule has 0 bridgehead atoms. The number of hydrogen-bond acceptors (Lipinski definition) is 3. The minimum absolute atomic E-state index is 0. The van der Waals surface area contributed by atoms with E-state index >= 15 is 0 Å². The van der Waals surface area contributed by atoms with E-state index in [4.69, 9.17) is 10.5 Å². The number of likely N-dealkylation sites (tertiary alicyclic amines) is 1. The SMILES string of the molecule is CCN1CCC(CN)C(OC)C1.[HH]. The lowest BCUT2D eigenvalue weighted by atomic mass is 9.94. The van der Waals surface area contributed by atoms with Gasteiger partial charge in [0, 0.05) is 15.1 Å². The first kappa shape index (κ1) is 9.96. The zero-order valence-electron chi connectivity index (χ0n) is 8.12. The third-order valence-corrected chi connectivity index (χ3v) is 2.83. The summed E-state index contributed by atoms with van der Waals surface area (Å²) in [5.74, 6) is 0.567. The molecule has 1 rings (SSSR count). The quantitative estimate of drug-likeness (QED) is 0.679. The predicted molar refractivity (Wildman–Crippen MR) is 52.2 cm³/mol. The maximum atomic E-state index is 5.66. The molecule has 2 unspecified atom stereocenters. The van der Waals surface area contributed by atoms with Gasteiger partial charge in [0.05, 0.1) is 6.10 Å². The lowest BCUT2D eigenvalue weighted by molar-refractivity contribution is -0.00641. The van der Waals surface area contributed by atoms with Crippen molar-refractivity contribution in [1.82, 2.24) is 4.90 Å². The highest BCUT2D eigenvalue weighted by Gasteiger charge is 2.26.